The number of H-pyrrole nitrogens is 1. The van der Waals surface area contributed by atoms with Gasteiger partial charge in [-0.1, -0.05) is 41.9 Å². The van der Waals surface area contributed by atoms with Crippen LogP contribution in [0.25, 0.3) is 11.1 Å². The second-order valence-corrected chi connectivity index (χ2v) is 3.12. The van der Waals surface area contributed by atoms with Crippen LogP contribution in [0.15, 0.2) is 40.5 Å². The summed E-state index contributed by atoms with van der Waals surface area (Å²) in [6, 6.07) is 9.64. The molecule has 0 unspecified atom stereocenters. The van der Waals surface area contributed by atoms with Crippen molar-refractivity contribution in [1.29, 1.82) is 0 Å². The Morgan fingerprint density at radius 1 is 1.17 bits per heavy atom. The van der Waals surface area contributed by atoms with Gasteiger partial charge in [0.05, 0.1) is 5.56 Å². The van der Waals surface area contributed by atoms with Crippen LogP contribution in [0.2, 0.25) is 0 Å². The molecule has 60 valence electrons. The van der Waals surface area contributed by atoms with Crippen molar-refractivity contribution in [3.8, 4) is 11.1 Å². The molecule has 0 spiro atoms. The number of hydrogen-bond acceptors (Lipinski definition) is 2. The van der Waals surface area contributed by atoms with Gasteiger partial charge in [-0.2, -0.15) is 0 Å². The van der Waals surface area contributed by atoms with Crippen LogP contribution in [-0.4, -0.2) is 4.37 Å². The summed E-state index contributed by atoms with van der Waals surface area (Å²) < 4.78 is 2.65. The Morgan fingerprint density at radius 3 is 2.50 bits per heavy atom. The second kappa shape index (κ2) is 2.95. The van der Waals surface area contributed by atoms with Crippen LogP contribution < -0.4 is 5.56 Å². The van der Waals surface area contributed by atoms with Gasteiger partial charge in [0.1, 0.15) is 0 Å². The fourth-order valence-electron chi connectivity index (χ4n) is 1.07. The van der Waals surface area contributed by atoms with Crippen LogP contribution in [0.1, 0.15) is 0 Å². The lowest BCUT2D eigenvalue weighted by atomic mass is 10.1. The number of aromatic amines is 1. The molecule has 0 radical (unpaired) electrons. The Hall–Kier alpha value is -1.35. The molecule has 2 aromatic rings. The van der Waals surface area contributed by atoms with Gasteiger partial charge in [-0.05, 0) is 5.56 Å². The van der Waals surface area contributed by atoms with Crippen LogP contribution in [0.5, 0.6) is 0 Å². The highest BCUT2D eigenvalue weighted by Crippen LogP contribution is 2.14. The molecule has 0 atom stereocenters. The van der Waals surface area contributed by atoms with Crippen LogP contribution in [-0.2, 0) is 0 Å². The lowest BCUT2D eigenvalue weighted by molar-refractivity contribution is 1.42. The Balaban J connectivity index is 2.59. The SMILES string of the molecule is O=c1[nH]scc1-c1ccccc1. The molecule has 3 heteroatoms. The van der Waals surface area contributed by atoms with E-state index >= 15 is 0 Å². The predicted octanol–water partition coefficient (Wildman–Crippen LogP) is 2.10. The highest BCUT2D eigenvalue weighted by molar-refractivity contribution is 7.03. The summed E-state index contributed by atoms with van der Waals surface area (Å²) in [6.07, 6.45) is 0. The number of rotatable bonds is 1. The lowest BCUT2D eigenvalue weighted by Gasteiger charge is -1.92. The van der Waals surface area contributed by atoms with Crippen molar-refractivity contribution in [2.45, 2.75) is 0 Å². The molecule has 1 aromatic carbocycles. The minimum atomic E-state index is -0.00815. The van der Waals surface area contributed by atoms with E-state index < -0.39 is 0 Å². The second-order valence-electron chi connectivity index (χ2n) is 2.45. The van der Waals surface area contributed by atoms with E-state index in [9.17, 15) is 4.79 Å². The Kier molecular flexibility index (Phi) is 1.80. The van der Waals surface area contributed by atoms with E-state index in [1.54, 1.807) is 0 Å². The first-order chi connectivity index (χ1) is 5.88. The van der Waals surface area contributed by atoms with E-state index in [2.05, 4.69) is 4.37 Å². The fourth-order valence-corrected chi connectivity index (χ4v) is 1.70. The van der Waals surface area contributed by atoms with Crippen LogP contribution in [0.4, 0.5) is 0 Å². The third-order valence-electron chi connectivity index (χ3n) is 1.66. The highest BCUT2D eigenvalue weighted by Gasteiger charge is 2.01. The molecule has 1 aromatic heterocycles. The molecule has 0 fully saturated rings. The first-order valence-electron chi connectivity index (χ1n) is 3.59. The van der Waals surface area contributed by atoms with E-state index in [-0.39, 0.29) is 5.56 Å². The largest absolute Gasteiger partial charge is 0.277 e. The fraction of sp³-hybridized carbons (Fsp3) is 0. The zero-order chi connectivity index (χ0) is 8.39. The summed E-state index contributed by atoms with van der Waals surface area (Å²) >= 11 is 1.32. The maximum Gasteiger partial charge on any atom is 0.265 e. The summed E-state index contributed by atoms with van der Waals surface area (Å²) in [7, 11) is 0. The van der Waals surface area contributed by atoms with Gasteiger partial charge in [0, 0.05) is 5.38 Å². The van der Waals surface area contributed by atoms with Crippen molar-refractivity contribution in [3.63, 3.8) is 0 Å². The summed E-state index contributed by atoms with van der Waals surface area (Å²) in [4.78, 5) is 11.2. The molecule has 1 heterocycles. The van der Waals surface area contributed by atoms with Crippen molar-refractivity contribution >= 4 is 11.5 Å². The van der Waals surface area contributed by atoms with Crippen molar-refractivity contribution < 1.29 is 0 Å². The minimum Gasteiger partial charge on any atom is -0.277 e. The molecule has 2 rings (SSSR count). The molecule has 0 aliphatic carbocycles. The quantitative estimate of drug-likeness (QED) is 0.711. The number of hydrogen-bond donors (Lipinski definition) is 1. The zero-order valence-corrected chi connectivity index (χ0v) is 7.10. The topological polar surface area (TPSA) is 32.9 Å². The third kappa shape index (κ3) is 1.19. The Labute approximate surface area is 73.7 Å². The lowest BCUT2D eigenvalue weighted by Crippen LogP contribution is -1.99. The molecule has 0 bridgehead atoms. The van der Waals surface area contributed by atoms with Gasteiger partial charge in [0.25, 0.3) is 5.56 Å². The molecule has 0 aliphatic rings. The highest BCUT2D eigenvalue weighted by atomic mass is 32.1. The van der Waals surface area contributed by atoms with Gasteiger partial charge in [-0.15, -0.1) is 0 Å². The molecular weight excluding hydrogens is 170 g/mol. The van der Waals surface area contributed by atoms with Gasteiger partial charge < -0.3 is 0 Å². The van der Waals surface area contributed by atoms with E-state index in [0.29, 0.717) is 0 Å². The molecule has 2 nitrogen and oxygen atoms in total. The number of nitrogens with one attached hydrogen (secondary N) is 1. The van der Waals surface area contributed by atoms with Gasteiger partial charge in [0.15, 0.2) is 0 Å². The average molecular weight is 177 g/mol. The van der Waals surface area contributed by atoms with Crippen molar-refractivity contribution in [2.75, 3.05) is 0 Å². The van der Waals surface area contributed by atoms with E-state index in [0.717, 1.165) is 11.1 Å². The monoisotopic (exact) mass is 177 g/mol. The first kappa shape index (κ1) is 7.31. The molecule has 0 amide bonds. The van der Waals surface area contributed by atoms with E-state index in [1.807, 2.05) is 35.7 Å². The standard InChI is InChI=1S/C9H7NOS/c11-9-8(6-12-10-9)7-4-2-1-3-5-7/h1-6H,(H,10,11). The molecule has 0 aliphatic heterocycles. The summed E-state index contributed by atoms with van der Waals surface area (Å²) in [5.41, 5.74) is 1.71. The van der Waals surface area contributed by atoms with Crippen molar-refractivity contribution in [2.24, 2.45) is 0 Å². The molecular formula is C9H7NOS. The molecule has 0 saturated carbocycles. The maximum absolute atomic E-state index is 11.2. The van der Waals surface area contributed by atoms with Crippen LogP contribution in [0.3, 0.4) is 0 Å². The van der Waals surface area contributed by atoms with E-state index in [4.69, 9.17) is 0 Å². The Morgan fingerprint density at radius 2 is 1.92 bits per heavy atom. The first-order valence-corrected chi connectivity index (χ1v) is 4.47. The van der Waals surface area contributed by atoms with Crippen molar-refractivity contribution in [3.05, 3.63) is 46.1 Å². The molecule has 12 heavy (non-hydrogen) atoms. The molecule has 0 saturated heterocycles. The minimum absolute atomic E-state index is 0.00815. The van der Waals surface area contributed by atoms with Gasteiger partial charge in [0.2, 0.25) is 0 Å². The summed E-state index contributed by atoms with van der Waals surface area (Å²) in [6.45, 7) is 0. The Bertz CT molecular complexity index is 415. The average Bonchev–Trinajstić information content (AvgIpc) is 2.53. The van der Waals surface area contributed by atoms with Crippen molar-refractivity contribution in [1.82, 2.24) is 4.37 Å². The normalized spacial score (nSPS) is 10.0. The molecule has 1 N–H and O–H groups in total. The van der Waals surface area contributed by atoms with Gasteiger partial charge in [-0.3, -0.25) is 9.17 Å². The third-order valence-corrected chi connectivity index (χ3v) is 2.31. The smallest absolute Gasteiger partial charge is 0.265 e. The number of benzene rings is 1. The summed E-state index contributed by atoms with van der Waals surface area (Å²) in [5.74, 6) is 0. The van der Waals surface area contributed by atoms with E-state index in [1.165, 1.54) is 11.5 Å². The van der Waals surface area contributed by atoms with Gasteiger partial charge >= 0.3 is 0 Å². The zero-order valence-electron chi connectivity index (χ0n) is 6.28. The van der Waals surface area contributed by atoms with Crippen LogP contribution in [0, 0.1) is 0 Å². The number of aromatic nitrogens is 1. The maximum atomic E-state index is 11.2. The van der Waals surface area contributed by atoms with Gasteiger partial charge in [-0.25, -0.2) is 0 Å². The van der Waals surface area contributed by atoms with Crippen LogP contribution >= 0.6 is 11.5 Å². The summed E-state index contributed by atoms with van der Waals surface area (Å²) in [5, 5.41) is 1.83. The predicted molar refractivity (Wildman–Crippen MR) is 50.4 cm³/mol.